The summed E-state index contributed by atoms with van der Waals surface area (Å²) in [6.07, 6.45) is 0.603. The Morgan fingerprint density at radius 1 is 1.39 bits per heavy atom. The summed E-state index contributed by atoms with van der Waals surface area (Å²) in [4.78, 5) is 30.7. The first kappa shape index (κ1) is 10.8. The van der Waals surface area contributed by atoms with E-state index >= 15 is 0 Å². The Hall–Kier alpha value is -2.37. The molecule has 6 heteroatoms. The van der Waals surface area contributed by atoms with Crippen molar-refractivity contribution >= 4 is 16.6 Å². The highest BCUT2D eigenvalue weighted by atomic mass is 16.6. The van der Waals surface area contributed by atoms with Gasteiger partial charge >= 0.3 is 5.69 Å². The Morgan fingerprint density at radius 2 is 2.22 bits per heavy atom. The zero-order chi connectivity index (χ0) is 12.7. The fourth-order valence-electron chi connectivity index (χ4n) is 2.35. The third-order valence-corrected chi connectivity index (χ3v) is 3.10. The van der Waals surface area contributed by atoms with Crippen LogP contribution in [0.1, 0.15) is 12.0 Å². The summed E-state index contributed by atoms with van der Waals surface area (Å²) in [7, 11) is 1.48. The number of H-pyrrole nitrogens is 1. The van der Waals surface area contributed by atoms with Crippen molar-refractivity contribution in [2.75, 3.05) is 7.11 Å². The van der Waals surface area contributed by atoms with Crippen LogP contribution in [0.2, 0.25) is 0 Å². The van der Waals surface area contributed by atoms with Gasteiger partial charge in [0.05, 0.1) is 16.6 Å². The van der Waals surface area contributed by atoms with Crippen LogP contribution >= 0.6 is 0 Å². The molecule has 1 N–H and O–H groups in total. The van der Waals surface area contributed by atoms with E-state index in [0.29, 0.717) is 23.9 Å². The average molecular weight is 245 g/mol. The van der Waals surface area contributed by atoms with Crippen LogP contribution in [-0.2, 0) is 11.4 Å². The molecule has 0 aliphatic carbocycles. The minimum absolute atomic E-state index is 0.369. The second-order valence-corrected chi connectivity index (χ2v) is 4.08. The van der Waals surface area contributed by atoms with Gasteiger partial charge in [0.15, 0.2) is 0 Å². The van der Waals surface area contributed by atoms with Crippen LogP contribution in [-0.4, -0.2) is 22.4 Å². The minimum Gasteiger partial charge on any atom is -0.399 e. The molecule has 1 aromatic heterocycles. The fourth-order valence-corrected chi connectivity index (χ4v) is 2.35. The molecule has 0 radical (unpaired) electrons. The summed E-state index contributed by atoms with van der Waals surface area (Å²) < 4.78 is 1.57. The number of rotatable bonds is 1. The second kappa shape index (κ2) is 3.83. The molecule has 6 nitrogen and oxygen atoms in total. The first-order valence-electron chi connectivity index (χ1n) is 5.58. The number of hydrogen-bond donors (Lipinski definition) is 1. The van der Waals surface area contributed by atoms with Gasteiger partial charge < -0.3 is 4.84 Å². The van der Waals surface area contributed by atoms with Crippen LogP contribution in [0.15, 0.2) is 32.9 Å². The minimum atomic E-state index is -0.378. The van der Waals surface area contributed by atoms with Gasteiger partial charge in [0.1, 0.15) is 7.11 Å². The maximum atomic E-state index is 11.8. The van der Waals surface area contributed by atoms with Crippen LogP contribution in [0, 0.1) is 0 Å². The SMILES string of the molecule is CO/N=C1\CCn2c(=O)[nH]c(=O)c3cccc1c32. The number of hydrogen-bond acceptors (Lipinski definition) is 4. The Morgan fingerprint density at radius 3 is 3.00 bits per heavy atom. The fraction of sp³-hybridized carbons (Fsp3) is 0.250. The number of oxime groups is 1. The summed E-state index contributed by atoms with van der Waals surface area (Å²) in [5.41, 5.74) is 1.42. The van der Waals surface area contributed by atoms with Crippen molar-refractivity contribution in [2.45, 2.75) is 13.0 Å². The van der Waals surface area contributed by atoms with Crippen molar-refractivity contribution < 1.29 is 4.84 Å². The van der Waals surface area contributed by atoms with E-state index in [9.17, 15) is 9.59 Å². The maximum absolute atomic E-state index is 11.8. The van der Waals surface area contributed by atoms with Crippen molar-refractivity contribution in [3.63, 3.8) is 0 Å². The zero-order valence-electron chi connectivity index (χ0n) is 9.77. The quantitative estimate of drug-likeness (QED) is 0.741. The third-order valence-electron chi connectivity index (χ3n) is 3.10. The predicted molar refractivity (Wildman–Crippen MR) is 67.0 cm³/mol. The first-order chi connectivity index (χ1) is 8.72. The Labute approximate surface area is 102 Å². The molecule has 0 fully saturated rings. The normalized spacial score (nSPS) is 16.2. The molecule has 2 aromatic rings. The molecule has 3 rings (SSSR count). The molecule has 1 aliphatic rings. The van der Waals surface area contributed by atoms with Crippen LogP contribution in [0.4, 0.5) is 0 Å². The van der Waals surface area contributed by atoms with Crippen molar-refractivity contribution in [1.82, 2.24) is 9.55 Å². The van der Waals surface area contributed by atoms with Crippen molar-refractivity contribution in [2.24, 2.45) is 5.16 Å². The molecule has 0 atom stereocenters. The van der Waals surface area contributed by atoms with E-state index < -0.39 is 0 Å². The van der Waals surface area contributed by atoms with E-state index in [-0.39, 0.29) is 11.2 Å². The molecule has 1 aromatic carbocycles. The molecule has 1 aliphatic heterocycles. The second-order valence-electron chi connectivity index (χ2n) is 4.08. The van der Waals surface area contributed by atoms with E-state index in [2.05, 4.69) is 10.1 Å². The molecule has 0 saturated heterocycles. The lowest BCUT2D eigenvalue weighted by atomic mass is 10.0. The monoisotopic (exact) mass is 245 g/mol. The average Bonchev–Trinajstić information content (AvgIpc) is 2.37. The topological polar surface area (TPSA) is 76.5 Å². The van der Waals surface area contributed by atoms with E-state index in [1.807, 2.05) is 6.07 Å². The van der Waals surface area contributed by atoms with Gasteiger partial charge in [-0.25, -0.2) is 4.79 Å². The number of benzene rings is 1. The largest absolute Gasteiger partial charge is 0.399 e. The highest BCUT2D eigenvalue weighted by Gasteiger charge is 2.20. The van der Waals surface area contributed by atoms with Crippen LogP contribution in [0.3, 0.4) is 0 Å². The highest BCUT2D eigenvalue weighted by Crippen LogP contribution is 2.21. The molecule has 0 bridgehead atoms. The van der Waals surface area contributed by atoms with Gasteiger partial charge in [-0.1, -0.05) is 17.3 Å². The molecule has 0 amide bonds. The lowest BCUT2D eigenvalue weighted by Crippen LogP contribution is -2.34. The summed E-state index contributed by atoms with van der Waals surface area (Å²) in [6, 6.07) is 5.32. The Balaban J connectivity index is 2.51. The number of nitrogens with zero attached hydrogens (tertiary/aromatic N) is 2. The first-order valence-corrected chi connectivity index (χ1v) is 5.58. The zero-order valence-corrected chi connectivity index (χ0v) is 9.77. The van der Waals surface area contributed by atoms with Crippen molar-refractivity contribution in [1.29, 1.82) is 0 Å². The lowest BCUT2D eigenvalue weighted by molar-refractivity contribution is 0.212. The summed E-state index contributed by atoms with van der Waals surface area (Å²) in [5.74, 6) is 0. The lowest BCUT2D eigenvalue weighted by Gasteiger charge is -2.19. The number of aromatic amines is 1. The van der Waals surface area contributed by atoms with Crippen LogP contribution in [0.25, 0.3) is 10.9 Å². The molecular formula is C12H11N3O3. The molecule has 18 heavy (non-hydrogen) atoms. The molecular weight excluding hydrogens is 234 g/mol. The summed E-state index contributed by atoms with van der Waals surface area (Å²) >= 11 is 0. The van der Waals surface area contributed by atoms with E-state index in [1.165, 1.54) is 7.11 Å². The van der Waals surface area contributed by atoms with Gasteiger partial charge in [0.2, 0.25) is 0 Å². The van der Waals surface area contributed by atoms with Crippen molar-refractivity contribution in [3.8, 4) is 0 Å². The van der Waals surface area contributed by atoms with Crippen LogP contribution in [0.5, 0.6) is 0 Å². The number of para-hydroxylation sites is 1. The highest BCUT2D eigenvalue weighted by molar-refractivity contribution is 6.10. The van der Waals surface area contributed by atoms with Gasteiger partial charge in [-0.3, -0.25) is 14.3 Å². The summed E-state index contributed by atoms with van der Waals surface area (Å²) in [5, 5.41) is 4.45. The van der Waals surface area contributed by atoms with Gasteiger partial charge in [0, 0.05) is 18.5 Å². The van der Waals surface area contributed by atoms with Gasteiger partial charge in [-0.2, -0.15) is 0 Å². The molecule has 2 heterocycles. The van der Waals surface area contributed by atoms with Gasteiger partial charge in [-0.15, -0.1) is 0 Å². The van der Waals surface area contributed by atoms with Gasteiger partial charge in [-0.05, 0) is 6.07 Å². The predicted octanol–water partition coefficient (Wildman–Crippen LogP) is 0.444. The third kappa shape index (κ3) is 1.38. The van der Waals surface area contributed by atoms with E-state index in [0.717, 1.165) is 11.3 Å². The van der Waals surface area contributed by atoms with E-state index in [1.54, 1.807) is 16.7 Å². The van der Waals surface area contributed by atoms with Crippen LogP contribution < -0.4 is 11.2 Å². The smallest absolute Gasteiger partial charge is 0.328 e. The number of nitrogens with one attached hydrogen (secondary N) is 1. The number of aromatic nitrogens is 2. The van der Waals surface area contributed by atoms with E-state index in [4.69, 9.17) is 4.84 Å². The molecule has 92 valence electrons. The summed E-state index contributed by atoms with van der Waals surface area (Å²) in [6.45, 7) is 0.491. The molecule has 0 saturated carbocycles. The Bertz CT molecular complexity index is 770. The van der Waals surface area contributed by atoms with Gasteiger partial charge in [0.25, 0.3) is 5.56 Å². The maximum Gasteiger partial charge on any atom is 0.328 e. The Kier molecular flexibility index (Phi) is 2.29. The molecule has 0 spiro atoms. The number of aryl methyl sites for hydroxylation is 1. The molecule has 0 unspecified atom stereocenters. The standard InChI is InChI=1S/C12H11N3O3/c1-18-14-9-5-6-15-10-7(9)3-2-4-8(10)11(16)13-12(15)17/h2-4H,5-6H2,1H3,(H,13,16,17)/b14-9+. The van der Waals surface area contributed by atoms with Crippen molar-refractivity contribution in [3.05, 3.63) is 44.6 Å².